The zero-order valence-electron chi connectivity index (χ0n) is 9.68. The lowest BCUT2D eigenvalue weighted by Gasteiger charge is -2.43. The van der Waals surface area contributed by atoms with Crippen LogP contribution in [0, 0.1) is 0 Å². The zero-order chi connectivity index (χ0) is 14.1. The minimum Gasteiger partial charge on any atom is -0.402 e. The highest BCUT2D eigenvalue weighted by Gasteiger charge is 2.55. The molecule has 1 heterocycles. The number of aliphatic hydroxyl groups excluding tert-OH is 4. The highest BCUT2D eigenvalue weighted by atomic mass is 16.8. The number of esters is 1. The van der Waals surface area contributed by atoms with Gasteiger partial charge in [-0.3, -0.25) is 0 Å². The lowest BCUT2D eigenvalue weighted by molar-refractivity contribution is -0.433. The van der Waals surface area contributed by atoms with Gasteiger partial charge in [-0.1, -0.05) is 6.58 Å². The van der Waals surface area contributed by atoms with E-state index < -0.39 is 43.0 Å². The molecule has 5 atom stereocenters. The number of rotatable bonds is 3. The van der Waals surface area contributed by atoms with Crippen molar-refractivity contribution >= 4 is 5.97 Å². The quantitative estimate of drug-likeness (QED) is 0.210. The molecule has 1 saturated heterocycles. The van der Waals surface area contributed by atoms with Gasteiger partial charge in [0.05, 0.1) is 6.61 Å². The normalized spacial score (nSPS) is 40.3. The molecule has 104 valence electrons. The maximum atomic E-state index is 11.3. The van der Waals surface area contributed by atoms with Gasteiger partial charge in [0.1, 0.15) is 18.3 Å². The number of hydrogen-bond donors (Lipinski definition) is 5. The number of carbonyl (C=O) groups is 1. The van der Waals surface area contributed by atoms with Crippen molar-refractivity contribution in [2.24, 2.45) is 0 Å². The first-order valence-corrected chi connectivity index (χ1v) is 5.17. The van der Waals surface area contributed by atoms with Crippen LogP contribution in [-0.2, 0) is 14.3 Å². The lowest BCUT2D eigenvalue weighted by atomic mass is 9.98. The summed E-state index contributed by atoms with van der Waals surface area (Å²) in [5, 5.41) is 47.1. The van der Waals surface area contributed by atoms with E-state index in [9.17, 15) is 25.2 Å². The minimum absolute atomic E-state index is 0.0691. The summed E-state index contributed by atoms with van der Waals surface area (Å²) in [6.45, 7) is 3.81. The summed E-state index contributed by atoms with van der Waals surface area (Å²) in [6, 6.07) is 0. The molecular weight excluding hydrogens is 248 g/mol. The second-order valence-corrected chi connectivity index (χ2v) is 4.07. The summed E-state index contributed by atoms with van der Waals surface area (Å²) in [5.74, 6) is -3.92. The van der Waals surface area contributed by atoms with E-state index in [0.29, 0.717) is 0 Å². The largest absolute Gasteiger partial charge is 0.402 e. The van der Waals surface area contributed by atoms with Gasteiger partial charge in [0.25, 0.3) is 0 Å². The molecule has 0 spiro atoms. The highest BCUT2D eigenvalue weighted by Crippen LogP contribution is 2.29. The van der Waals surface area contributed by atoms with E-state index in [4.69, 9.17) is 9.84 Å². The van der Waals surface area contributed by atoms with Crippen molar-refractivity contribution in [3.05, 3.63) is 12.2 Å². The summed E-state index contributed by atoms with van der Waals surface area (Å²) >= 11 is 0. The Labute approximate surface area is 103 Å². The van der Waals surface area contributed by atoms with E-state index >= 15 is 0 Å². The second kappa shape index (κ2) is 5.31. The van der Waals surface area contributed by atoms with Gasteiger partial charge >= 0.3 is 11.9 Å². The maximum Gasteiger partial charge on any atom is 0.357 e. The molecule has 1 aliphatic rings. The molecule has 0 saturated carbocycles. The third-order valence-electron chi connectivity index (χ3n) is 2.52. The Hall–Kier alpha value is -1.03. The molecule has 1 unspecified atom stereocenters. The molecule has 0 amide bonds. The predicted molar refractivity (Wildman–Crippen MR) is 55.8 cm³/mol. The molecule has 8 nitrogen and oxygen atoms in total. The van der Waals surface area contributed by atoms with Crippen LogP contribution in [0.4, 0.5) is 0 Å². The van der Waals surface area contributed by atoms with E-state index in [1.54, 1.807) is 0 Å². The van der Waals surface area contributed by atoms with Crippen molar-refractivity contribution in [3.63, 3.8) is 0 Å². The summed E-state index contributed by atoms with van der Waals surface area (Å²) in [6.07, 6.45) is -6.97. The average Bonchev–Trinajstić information content (AvgIpc) is 2.31. The Balaban J connectivity index is 2.91. The molecule has 0 radical (unpaired) electrons. The third-order valence-corrected chi connectivity index (χ3v) is 2.52. The summed E-state index contributed by atoms with van der Waals surface area (Å²) < 4.78 is 9.17. The molecule has 1 rings (SSSR count). The summed E-state index contributed by atoms with van der Waals surface area (Å²) in [4.78, 5) is 11.3. The number of hydrogen-bond acceptors (Lipinski definition) is 8. The van der Waals surface area contributed by atoms with Crippen LogP contribution in [0.15, 0.2) is 12.2 Å². The van der Waals surface area contributed by atoms with Gasteiger partial charge < -0.3 is 35.0 Å². The Morgan fingerprint density at radius 3 is 2.39 bits per heavy atom. The van der Waals surface area contributed by atoms with Crippen LogP contribution in [0.1, 0.15) is 6.92 Å². The van der Waals surface area contributed by atoms with Gasteiger partial charge in [0.2, 0.25) is 0 Å². The van der Waals surface area contributed by atoms with Crippen molar-refractivity contribution in [1.29, 1.82) is 0 Å². The Kier molecular flexibility index (Phi) is 4.43. The van der Waals surface area contributed by atoms with Crippen LogP contribution >= 0.6 is 0 Å². The van der Waals surface area contributed by atoms with Crippen LogP contribution < -0.4 is 0 Å². The van der Waals surface area contributed by atoms with E-state index in [0.717, 1.165) is 0 Å². The van der Waals surface area contributed by atoms with E-state index in [1.165, 1.54) is 6.92 Å². The van der Waals surface area contributed by atoms with Gasteiger partial charge in [-0.15, -0.1) is 0 Å². The number of ether oxygens (including phenoxy) is 2. The molecule has 1 fully saturated rings. The van der Waals surface area contributed by atoms with Crippen molar-refractivity contribution in [2.75, 3.05) is 6.61 Å². The van der Waals surface area contributed by atoms with Gasteiger partial charge in [-0.05, 0) is 6.92 Å². The molecule has 8 heteroatoms. The lowest BCUT2D eigenvalue weighted by Crippen LogP contribution is -2.66. The number of carbonyl (C=O) groups excluding carboxylic acids is 1. The molecule has 0 aromatic carbocycles. The Morgan fingerprint density at radius 1 is 1.39 bits per heavy atom. The standard InChI is InChI=1S/C10H16O8/c1-4(2)9(15)18-10(16)8(14)7(13)6(12)5(3-11)17-10/h5-8,11-14,16H,1,3H2,2H3/t5-,6-,7+,8-,10?/m1/s1. The predicted octanol–water partition coefficient (Wildman–Crippen LogP) is -2.77. The average molecular weight is 264 g/mol. The monoisotopic (exact) mass is 264 g/mol. The van der Waals surface area contributed by atoms with E-state index in [1.807, 2.05) is 0 Å². The first-order valence-electron chi connectivity index (χ1n) is 5.17. The number of aliphatic hydroxyl groups is 5. The van der Waals surface area contributed by atoms with Crippen LogP contribution in [0.2, 0.25) is 0 Å². The van der Waals surface area contributed by atoms with Gasteiger partial charge in [-0.2, -0.15) is 0 Å². The molecular formula is C10H16O8. The zero-order valence-corrected chi connectivity index (χ0v) is 9.68. The second-order valence-electron chi connectivity index (χ2n) is 4.07. The molecule has 1 aliphatic heterocycles. The third kappa shape index (κ3) is 2.69. The van der Waals surface area contributed by atoms with Gasteiger partial charge in [0.15, 0.2) is 6.10 Å². The summed E-state index contributed by atoms with van der Waals surface area (Å²) in [5.41, 5.74) is -0.0691. The molecule has 0 bridgehead atoms. The Morgan fingerprint density at radius 2 is 1.94 bits per heavy atom. The minimum atomic E-state index is -2.86. The van der Waals surface area contributed by atoms with Crippen LogP contribution in [-0.4, -0.2) is 68.5 Å². The fraction of sp³-hybridized carbons (Fsp3) is 0.700. The molecule has 0 aliphatic carbocycles. The first kappa shape index (κ1) is 15.0. The van der Waals surface area contributed by atoms with Gasteiger partial charge in [-0.25, -0.2) is 4.79 Å². The smallest absolute Gasteiger partial charge is 0.357 e. The van der Waals surface area contributed by atoms with Crippen molar-refractivity contribution in [1.82, 2.24) is 0 Å². The van der Waals surface area contributed by atoms with Crippen LogP contribution in [0.3, 0.4) is 0 Å². The molecule has 5 N–H and O–H groups in total. The van der Waals surface area contributed by atoms with Crippen LogP contribution in [0.25, 0.3) is 0 Å². The highest BCUT2D eigenvalue weighted by molar-refractivity contribution is 5.87. The summed E-state index contributed by atoms with van der Waals surface area (Å²) in [7, 11) is 0. The van der Waals surface area contributed by atoms with E-state index in [2.05, 4.69) is 11.3 Å². The van der Waals surface area contributed by atoms with Crippen LogP contribution in [0.5, 0.6) is 0 Å². The molecule has 18 heavy (non-hydrogen) atoms. The van der Waals surface area contributed by atoms with Crippen molar-refractivity contribution in [2.45, 2.75) is 37.3 Å². The first-order chi connectivity index (χ1) is 8.23. The van der Waals surface area contributed by atoms with Gasteiger partial charge in [0, 0.05) is 5.57 Å². The Bertz CT molecular complexity index is 341. The fourth-order valence-corrected chi connectivity index (χ4v) is 1.43. The SMILES string of the molecule is C=C(C)C(=O)OC1(O)O[C@H](CO)[C@@H](O)[C@H](O)[C@H]1O. The van der Waals surface area contributed by atoms with Crippen molar-refractivity contribution < 1.29 is 39.8 Å². The molecule has 0 aromatic rings. The topological polar surface area (TPSA) is 137 Å². The fourth-order valence-electron chi connectivity index (χ4n) is 1.43. The van der Waals surface area contributed by atoms with E-state index in [-0.39, 0.29) is 5.57 Å². The molecule has 0 aromatic heterocycles. The van der Waals surface area contributed by atoms with Crippen molar-refractivity contribution in [3.8, 4) is 0 Å². The maximum absolute atomic E-state index is 11.3.